The molecule has 1 aliphatic heterocycles. The number of carboxylic acids is 1. The molecule has 2 heterocycles. The zero-order valence-corrected chi connectivity index (χ0v) is 11.0. The molecule has 0 atom stereocenters. The Kier molecular flexibility index (Phi) is 3.06. The van der Waals surface area contributed by atoms with Gasteiger partial charge in [-0.25, -0.2) is 9.78 Å². The van der Waals surface area contributed by atoms with Crippen molar-refractivity contribution in [3.63, 3.8) is 0 Å². The Bertz CT molecular complexity index is 742. The van der Waals surface area contributed by atoms with Gasteiger partial charge in [0.15, 0.2) is 5.69 Å². The van der Waals surface area contributed by atoms with E-state index in [2.05, 4.69) is 4.98 Å². The molecule has 6 heteroatoms. The molecule has 0 saturated carbocycles. The van der Waals surface area contributed by atoms with Crippen molar-refractivity contribution >= 4 is 17.6 Å². The molecule has 1 aromatic carbocycles. The maximum atomic E-state index is 12.5. The number of hydrogen-bond acceptors (Lipinski definition) is 4. The lowest BCUT2D eigenvalue weighted by Crippen LogP contribution is -2.29. The molecule has 0 saturated heterocycles. The lowest BCUT2D eigenvalue weighted by molar-refractivity contribution is 0.0696. The molecular formula is C15H12N2O4. The van der Waals surface area contributed by atoms with Crippen LogP contribution in [0.1, 0.15) is 26.4 Å². The minimum Gasteiger partial charge on any atom is -0.505 e. The fourth-order valence-electron chi connectivity index (χ4n) is 2.41. The zero-order valence-electron chi connectivity index (χ0n) is 11.0. The SMILES string of the molecule is O=C(O)c1ccc2c(c1)N(C(=O)c1ncccc1O)CC2. The van der Waals surface area contributed by atoms with Gasteiger partial charge in [0.25, 0.3) is 5.91 Å². The van der Waals surface area contributed by atoms with Gasteiger partial charge in [0.2, 0.25) is 0 Å². The molecule has 6 nitrogen and oxygen atoms in total. The summed E-state index contributed by atoms with van der Waals surface area (Å²) in [5, 5.41) is 18.8. The molecule has 0 spiro atoms. The smallest absolute Gasteiger partial charge is 0.335 e. The van der Waals surface area contributed by atoms with Crippen LogP contribution in [0.3, 0.4) is 0 Å². The maximum absolute atomic E-state index is 12.5. The van der Waals surface area contributed by atoms with Crippen LogP contribution in [0.25, 0.3) is 0 Å². The number of pyridine rings is 1. The highest BCUT2D eigenvalue weighted by molar-refractivity contribution is 6.08. The van der Waals surface area contributed by atoms with E-state index in [0.717, 1.165) is 5.56 Å². The van der Waals surface area contributed by atoms with Crippen LogP contribution in [-0.2, 0) is 6.42 Å². The van der Waals surface area contributed by atoms with Crippen LogP contribution in [0, 0.1) is 0 Å². The molecule has 0 bridgehead atoms. The van der Waals surface area contributed by atoms with Gasteiger partial charge in [0.1, 0.15) is 5.75 Å². The van der Waals surface area contributed by atoms with Crippen LogP contribution in [0.15, 0.2) is 36.5 Å². The fourth-order valence-corrected chi connectivity index (χ4v) is 2.41. The summed E-state index contributed by atoms with van der Waals surface area (Å²) in [7, 11) is 0. The van der Waals surface area contributed by atoms with Crippen molar-refractivity contribution in [2.75, 3.05) is 11.4 Å². The minimum atomic E-state index is -1.04. The summed E-state index contributed by atoms with van der Waals surface area (Å²) >= 11 is 0. The Balaban J connectivity index is 2.01. The third kappa shape index (κ3) is 2.20. The highest BCUT2D eigenvalue weighted by atomic mass is 16.4. The third-order valence-electron chi connectivity index (χ3n) is 3.46. The van der Waals surface area contributed by atoms with E-state index >= 15 is 0 Å². The van der Waals surface area contributed by atoms with Gasteiger partial charge in [-0.1, -0.05) is 6.07 Å². The first kappa shape index (κ1) is 13.1. The Hall–Kier alpha value is -2.89. The van der Waals surface area contributed by atoms with Crippen LogP contribution < -0.4 is 4.90 Å². The van der Waals surface area contributed by atoms with Gasteiger partial charge in [-0.15, -0.1) is 0 Å². The lowest BCUT2D eigenvalue weighted by atomic mass is 10.1. The van der Waals surface area contributed by atoms with Gasteiger partial charge in [0.05, 0.1) is 5.56 Å². The normalized spacial score (nSPS) is 13.0. The standard InChI is InChI=1S/C15H12N2O4/c18-12-2-1-6-16-13(12)14(19)17-7-5-9-3-4-10(15(20)21)8-11(9)17/h1-4,6,8,18H,5,7H2,(H,20,21). The fraction of sp³-hybridized carbons (Fsp3) is 0.133. The monoisotopic (exact) mass is 284 g/mol. The van der Waals surface area contributed by atoms with Gasteiger partial charge in [-0.2, -0.15) is 0 Å². The second-order valence-electron chi connectivity index (χ2n) is 4.73. The Labute approximate surface area is 120 Å². The largest absolute Gasteiger partial charge is 0.505 e. The number of aromatic carboxylic acids is 1. The third-order valence-corrected chi connectivity index (χ3v) is 3.46. The minimum absolute atomic E-state index is 0.0360. The Morgan fingerprint density at radius 3 is 2.76 bits per heavy atom. The molecule has 1 amide bonds. The van der Waals surface area contributed by atoms with Gasteiger partial charge in [-0.05, 0) is 36.2 Å². The van der Waals surface area contributed by atoms with Crippen molar-refractivity contribution < 1.29 is 19.8 Å². The van der Waals surface area contributed by atoms with E-state index in [1.54, 1.807) is 6.07 Å². The van der Waals surface area contributed by atoms with Crippen molar-refractivity contribution in [3.05, 3.63) is 53.3 Å². The first-order valence-electron chi connectivity index (χ1n) is 6.40. The second kappa shape index (κ2) is 4.90. The van der Waals surface area contributed by atoms with Crippen molar-refractivity contribution in [1.29, 1.82) is 0 Å². The van der Waals surface area contributed by atoms with E-state index in [-0.39, 0.29) is 17.0 Å². The Morgan fingerprint density at radius 1 is 1.24 bits per heavy atom. The number of hydrogen-bond donors (Lipinski definition) is 2. The quantitative estimate of drug-likeness (QED) is 0.875. The number of aromatic nitrogens is 1. The first-order chi connectivity index (χ1) is 10.1. The number of nitrogens with zero attached hydrogens (tertiary/aromatic N) is 2. The summed E-state index contributed by atoms with van der Waals surface area (Å²) in [6.07, 6.45) is 2.08. The van der Waals surface area contributed by atoms with E-state index in [1.165, 1.54) is 35.4 Å². The summed E-state index contributed by atoms with van der Waals surface area (Å²) in [6.45, 7) is 0.438. The van der Waals surface area contributed by atoms with Gasteiger partial charge >= 0.3 is 5.97 Å². The van der Waals surface area contributed by atoms with Crippen molar-refractivity contribution in [2.24, 2.45) is 0 Å². The second-order valence-corrected chi connectivity index (χ2v) is 4.73. The molecule has 106 valence electrons. The average molecular weight is 284 g/mol. The number of carbonyl (C=O) groups is 2. The number of aromatic hydroxyl groups is 1. The molecule has 0 unspecified atom stereocenters. The molecule has 3 rings (SSSR count). The molecular weight excluding hydrogens is 272 g/mol. The molecule has 0 radical (unpaired) electrons. The first-order valence-corrected chi connectivity index (χ1v) is 6.40. The van der Waals surface area contributed by atoms with Crippen molar-refractivity contribution in [1.82, 2.24) is 4.98 Å². The molecule has 1 aromatic heterocycles. The van der Waals surface area contributed by atoms with Gasteiger partial charge < -0.3 is 15.1 Å². The molecule has 2 aromatic rings. The van der Waals surface area contributed by atoms with Crippen molar-refractivity contribution in [2.45, 2.75) is 6.42 Å². The number of fused-ring (bicyclic) bond motifs is 1. The number of benzene rings is 1. The summed E-state index contributed by atoms with van der Waals surface area (Å²) in [6, 6.07) is 7.64. The molecule has 21 heavy (non-hydrogen) atoms. The molecule has 0 aliphatic carbocycles. The number of anilines is 1. The average Bonchev–Trinajstić information content (AvgIpc) is 2.90. The van der Waals surface area contributed by atoms with Crippen LogP contribution >= 0.6 is 0 Å². The molecule has 0 fully saturated rings. The van der Waals surface area contributed by atoms with E-state index in [0.29, 0.717) is 18.7 Å². The van der Waals surface area contributed by atoms with E-state index in [9.17, 15) is 14.7 Å². The van der Waals surface area contributed by atoms with Crippen LogP contribution in [-0.4, -0.2) is 33.6 Å². The topological polar surface area (TPSA) is 90.7 Å². The predicted molar refractivity (Wildman–Crippen MR) is 74.7 cm³/mol. The number of rotatable bonds is 2. The summed E-state index contributed by atoms with van der Waals surface area (Å²) < 4.78 is 0. The van der Waals surface area contributed by atoms with E-state index in [4.69, 9.17) is 5.11 Å². The number of carbonyl (C=O) groups excluding carboxylic acids is 1. The van der Waals surface area contributed by atoms with Crippen LogP contribution in [0.5, 0.6) is 5.75 Å². The van der Waals surface area contributed by atoms with Crippen molar-refractivity contribution in [3.8, 4) is 5.75 Å². The summed E-state index contributed by atoms with van der Waals surface area (Å²) in [5.41, 5.74) is 1.55. The Morgan fingerprint density at radius 2 is 2.05 bits per heavy atom. The molecule has 2 N–H and O–H groups in total. The highest BCUT2D eigenvalue weighted by Crippen LogP contribution is 2.31. The van der Waals surface area contributed by atoms with Gasteiger partial charge in [0, 0.05) is 18.4 Å². The van der Waals surface area contributed by atoms with Crippen LogP contribution in [0.2, 0.25) is 0 Å². The highest BCUT2D eigenvalue weighted by Gasteiger charge is 2.28. The predicted octanol–water partition coefficient (Wildman–Crippen LogP) is 1.69. The lowest BCUT2D eigenvalue weighted by Gasteiger charge is -2.17. The zero-order chi connectivity index (χ0) is 15.0. The number of carboxylic acid groups (broad SMARTS) is 1. The van der Waals surface area contributed by atoms with E-state index in [1.807, 2.05) is 0 Å². The summed E-state index contributed by atoms with van der Waals surface area (Å²) in [4.78, 5) is 28.9. The van der Waals surface area contributed by atoms with Crippen LogP contribution in [0.4, 0.5) is 5.69 Å². The number of amides is 1. The van der Waals surface area contributed by atoms with E-state index < -0.39 is 11.9 Å². The van der Waals surface area contributed by atoms with Gasteiger partial charge in [-0.3, -0.25) is 4.79 Å². The maximum Gasteiger partial charge on any atom is 0.335 e. The summed E-state index contributed by atoms with van der Waals surface area (Å²) in [5.74, 6) is -1.67. The molecule has 1 aliphatic rings.